The van der Waals surface area contributed by atoms with E-state index in [4.69, 9.17) is 9.73 Å². The Kier molecular flexibility index (Phi) is 4.69. The third kappa shape index (κ3) is 3.22. The van der Waals surface area contributed by atoms with Gasteiger partial charge in [-0.25, -0.2) is 0 Å². The van der Waals surface area contributed by atoms with Crippen molar-refractivity contribution >= 4 is 30.0 Å². The zero-order valence-corrected chi connectivity index (χ0v) is 15.5. The highest BCUT2D eigenvalue weighted by Crippen LogP contribution is 2.34. The quantitative estimate of drug-likeness (QED) is 0.606. The number of benzene rings is 3. The van der Waals surface area contributed by atoms with Gasteiger partial charge in [-0.2, -0.15) is 0 Å². The molecule has 0 amide bonds. The molecule has 4 heteroatoms. The topological polar surface area (TPSA) is 24.8 Å². The minimum atomic E-state index is 0. The van der Waals surface area contributed by atoms with Crippen molar-refractivity contribution in [3.63, 3.8) is 0 Å². The van der Waals surface area contributed by atoms with Gasteiger partial charge in [0.15, 0.2) is 0 Å². The van der Waals surface area contributed by atoms with Gasteiger partial charge in [0.2, 0.25) is 0 Å². The van der Waals surface area contributed by atoms with Gasteiger partial charge in [0.05, 0.1) is 12.2 Å². The molecule has 0 aromatic heterocycles. The van der Waals surface area contributed by atoms with Crippen molar-refractivity contribution in [3.8, 4) is 11.5 Å². The minimum absolute atomic E-state index is 0. The minimum Gasteiger partial charge on any atom is -0.457 e. The van der Waals surface area contributed by atoms with Crippen LogP contribution in [0.25, 0.3) is 11.8 Å². The second kappa shape index (κ2) is 7.29. The molecule has 0 saturated carbocycles. The van der Waals surface area contributed by atoms with Gasteiger partial charge in [-0.1, -0.05) is 42.5 Å². The van der Waals surface area contributed by atoms with Crippen LogP contribution in [0.4, 0.5) is 0 Å². The molecule has 2 aliphatic heterocycles. The maximum atomic E-state index is 5.91. The van der Waals surface area contributed by atoms with Crippen LogP contribution in [0.5, 0.6) is 11.5 Å². The van der Waals surface area contributed by atoms with Crippen molar-refractivity contribution in [3.05, 3.63) is 95.6 Å². The second-order valence-corrected chi connectivity index (χ2v) is 6.41. The average molecular weight is 375 g/mol. The third-order valence-corrected chi connectivity index (χ3v) is 4.75. The summed E-state index contributed by atoms with van der Waals surface area (Å²) in [4.78, 5) is 7.04. The number of ether oxygens (including phenoxy) is 1. The monoisotopic (exact) mass is 374 g/mol. The van der Waals surface area contributed by atoms with E-state index in [0.717, 1.165) is 30.4 Å². The van der Waals surface area contributed by atoms with Crippen molar-refractivity contribution in [2.45, 2.75) is 0 Å². The number of aliphatic imine (C=N–C) groups is 1. The Labute approximate surface area is 165 Å². The fraction of sp³-hybridized carbons (Fsp3) is 0.0870. The Hall–Kier alpha value is -3.04. The summed E-state index contributed by atoms with van der Waals surface area (Å²) < 4.78 is 5.91. The van der Waals surface area contributed by atoms with Gasteiger partial charge >= 0.3 is 0 Å². The summed E-state index contributed by atoms with van der Waals surface area (Å²) in [5.41, 5.74) is 4.82. The van der Waals surface area contributed by atoms with Gasteiger partial charge in [0.25, 0.3) is 0 Å². The number of fused-ring (bicyclic) bond motifs is 3. The van der Waals surface area contributed by atoms with E-state index >= 15 is 0 Å². The molecule has 0 aliphatic carbocycles. The maximum absolute atomic E-state index is 5.91. The van der Waals surface area contributed by atoms with E-state index in [1.807, 2.05) is 42.5 Å². The first-order valence-electron chi connectivity index (χ1n) is 8.85. The normalized spacial score (nSPS) is 14.4. The molecule has 3 nitrogen and oxygen atoms in total. The predicted octanol–water partition coefficient (Wildman–Crippen LogP) is 5.47. The van der Waals surface area contributed by atoms with E-state index in [0.29, 0.717) is 0 Å². The van der Waals surface area contributed by atoms with Crippen LogP contribution < -0.4 is 4.74 Å². The molecule has 2 heterocycles. The highest BCUT2D eigenvalue weighted by Gasteiger charge is 2.28. The lowest BCUT2D eigenvalue weighted by molar-refractivity contribution is 0.482. The summed E-state index contributed by atoms with van der Waals surface area (Å²) >= 11 is 0. The summed E-state index contributed by atoms with van der Waals surface area (Å²) in [6.07, 6.45) is 2.26. The Balaban J connectivity index is 0.00000180. The zero-order chi connectivity index (χ0) is 17.3. The smallest absolute Gasteiger partial charge is 0.136 e. The Morgan fingerprint density at radius 3 is 2.30 bits per heavy atom. The molecule has 0 atom stereocenters. The molecule has 0 bridgehead atoms. The highest BCUT2D eigenvalue weighted by molar-refractivity contribution is 6.12. The molecule has 0 unspecified atom stereocenters. The van der Waals surface area contributed by atoms with E-state index in [-0.39, 0.29) is 12.4 Å². The van der Waals surface area contributed by atoms with E-state index in [1.54, 1.807) is 0 Å². The molecular weight excluding hydrogens is 356 g/mol. The van der Waals surface area contributed by atoms with Crippen molar-refractivity contribution in [2.24, 2.45) is 4.99 Å². The van der Waals surface area contributed by atoms with Crippen LogP contribution in [-0.2, 0) is 0 Å². The summed E-state index contributed by atoms with van der Waals surface area (Å²) in [7, 11) is 0. The fourth-order valence-electron chi connectivity index (χ4n) is 3.52. The molecule has 0 radical (unpaired) electrons. The maximum Gasteiger partial charge on any atom is 0.136 e. The summed E-state index contributed by atoms with van der Waals surface area (Å²) in [5.74, 6) is 2.77. The molecule has 5 rings (SSSR count). The van der Waals surface area contributed by atoms with E-state index in [2.05, 4.69) is 47.4 Å². The third-order valence-electron chi connectivity index (χ3n) is 4.75. The fourth-order valence-corrected chi connectivity index (χ4v) is 3.52. The predicted molar refractivity (Wildman–Crippen MR) is 113 cm³/mol. The lowest BCUT2D eigenvalue weighted by Crippen LogP contribution is -2.30. The Morgan fingerprint density at radius 1 is 0.778 bits per heavy atom. The van der Waals surface area contributed by atoms with Gasteiger partial charge in [-0.3, -0.25) is 4.99 Å². The molecule has 3 aromatic rings. The molecule has 0 fully saturated rings. The lowest BCUT2D eigenvalue weighted by Gasteiger charge is -2.29. The van der Waals surface area contributed by atoms with Gasteiger partial charge in [-0.15, -0.1) is 12.4 Å². The standard InChI is InChI=1S/C23H18N2O.ClH/c1-2-7-19(8-3-1)26-20-12-10-17(11-13-20)22-16-18-6-4-5-9-21(18)23-24-14-15-25(22)23;/h1-13,16H,14-15H2;1H. The van der Waals surface area contributed by atoms with Gasteiger partial charge < -0.3 is 9.64 Å². The number of nitrogens with zero attached hydrogens (tertiary/aromatic N) is 2. The van der Waals surface area contributed by atoms with Crippen LogP contribution in [0.2, 0.25) is 0 Å². The first-order chi connectivity index (χ1) is 12.9. The Morgan fingerprint density at radius 2 is 1.48 bits per heavy atom. The van der Waals surface area contributed by atoms with Gasteiger partial charge in [0.1, 0.15) is 17.3 Å². The largest absolute Gasteiger partial charge is 0.457 e. The van der Waals surface area contributed by atoms with Crippen LogP contribution in [0.1, 0.15) is 16.7 Å². The van der Waals surface area contributed by atoms with Crippen LogP contribution in [-0.4, -0.2) is 23.8 Å². The van der Waals surface area contributed by atoms with Crippen LogP contribution in [0.3, 0.4) is 0 Å². The van der Waals surface area contributed by atoms with Crippen molar-refractivity contribution < 1.29 is 4.74 Å². The van der Waals surface area contributed by atoms with Crippen molar-refractivity contribution in [1.82, 2.24) is 4.90 Å². The highest BCUT2D eigenvalue weighted by atomic mass is 35.5. The number of hydrogen-bond acceptors (Lipinski definition) is 3. The summed E-state index contributed by atoms with van der Waals surface area (Å²) in [6.45, 7) is 1.77. The first kappa shape index (κ1) is 17.4. The summed E-state index contributed by atoms with van der Waals surface area (Å²) in [5, 5.41) is 0. The molecule has 134 valence electrons. The molecule has 2 aliphatic rings. The molecule has 0 saturated heterocycles. The van der Waals surface area contributed by atoms with E-state index < -0.39 is 0 Å². The zero-order valence-electron chi connectivity index (χ0n) is 14.7. The molecule has 3 aromatic carbocycles. The number of hydrogen-bond donors (Lipinski definition) is 0. The van der Waals surface area contributed by atoms with Crippen LogP contribution >= 0.6 is 12.4 Å². The SMILES string of the molecule is C1=C(c2ccc(Oc3ccccc3)cc2)N2CCN=C2c2ccccc21.Cl. The molecule has 0 N–H and O–H groups in total. The molecule has 27 heavy (non-hydrogen) atoms. The number of halogens is 1. The van der Waals surface area contributed by atoms with E-state index in [9.17, 15) is 0 Å². The number of rotatable bonds is 3. The average Bonchev–Trinajstić information content (AvgIpc) is 3.19. The van der Waals surface area contributed by atoms with Crippen LogP contribution in [0, 0.1) is 0 Å². The van der Waals surface area contributed by atoms with Gasteiger partial charge in [-0.05, 0) is 53.6 Å². The molecule has 0 spiro atoms. The number of amidine groups is 1. The molecular formula is C23H19ClN2O. The van der Waals surface area contributed by atoms with E-state index in [1.165, 1.54) is 22.4 Å². The van der Waals surface area contributed by atoms with Gasteiger partial charge in [0, 0.05) is 12.1 Å². The first-order valence-corrected chi connectivity index (χ1v) is 8.85. The van der Waals surface area contributed by atoms with Crippen molar-refractivity contribution in [2.75, 3.05) is 13.1 Å². The lowest BCUT2D eigenvalue weighted by atomic mass is 9.97. The Bertz CT molecular complexity index is 1010. The van der Waals surface area contributed by atoms with Crippen LogP contribution in [0.15, 0.2) is 83.9 Å². The second-order valence-electron chi connectivity index (χ2n) is 6.41. The van der Waals surface area contributed by atoms with Crippen molar-refractivity contribution in [1.29, 1.82) is 0 Å². The summed E-state index contributed by atoms with van der Waals surface area (Å²) in [6, 6.07) is 26.6. The number of para-hydroxylation sites is 1.